The molecule has 0 radical (unpaired) electrons. The number of piperidine rings is 1. The smallest absolute Gasteiger partial charge is 0.272 e. The van der Waals surface area contributed by atoms with Gasteiger partial charge in [0.05, 0.1) is 0 Å². The molecule has 1 aromatic heterocycles. The summed E-state index contributed by atoms with van der Waals surface area (Å²) in [4.78, 5) is 16.7. The van der Waals surface area contributed by atoms with Crippen LogP contribution in [0.1, 0.15) is 23.3 Å². The van der Waals surface area contributed by atoms with Crippen LogP contribution in [0, 0.1) is 0 Å². The van der Waals surface area contributed by atoms with E-state index in [2.05, 4.69) is 15.1 Å². The van der Waals surface area contributed by atoms with E-state index in [1.54, 1.807) is 6.07 Å². The molecule has 3 aliphatic rings. The number of carbonyl (C=O) groups excluding carboxylic acids is 1. The number of anilines is 1. The molecule has 3 saturated heterocycles. The molecule has 4 rings (SSSR count). The lowest BCUT2D eigenvalue weighted by Crippen LogP contribution is -2.41. The minimum Gasteiger partial charge on any atom is -0.382 e. The van der Waals surface area contributed by atoms with Gasteiger partial charge in [-0.2, -0.15) is 5.10 Å². The first kappa shape index (κ1) is 10.6. The molecule has 1 amide bonds. The zero-order chi connectivity index (χ0) is 11.8. The molecule has 0 atom stereocenters. The van der Waals surface area contributed by atoms with Gasteiger partial charge in [-0.1, -0.05) is 0 Å². The first-order valence-electron chi connectivity index (χ1n) is 6.08. The van der Waals surface area contributed by atoms with E-state index in [1.807, 2.05) is 4.90 Å². The van der Waals surface area contributed by atoms with Crippen LogP contribution in [-0.4, -0.2) is 58.1 Å². The highest BCUT2D eigenvalue weighted by Crippen LogP contribution is 2.22. The molecule has 17 heavy (non-hydrogen) atoms. The van der Waals surface area contributed by atoms with E-state index in [0.29, 0.717) is 17.6 Å². The van der Waals surface area contributed by atoms with Crippen molar-refractivity contribution in [1.29, 1.82) is 0 Å². The van der Waals surface area contributed by atoms with E-state index in [-0.39, 0.29) is 5.91 Å². The maximum absolute atomic E-state index is 12.3. The molecular weight excluding hydrogens is 218 g/mol. The first-order chi connectivity index (χ1) is 8.24. The lowest BCUT2D eigenvalue weighted by atomic mass is 10.1. The number of nitrogens with zero attached hydrogens (tertiary/aromatic N) is 3. The Balaban J connectivity index is 1.81. The second kappa shape index (κ2) is 4.03. The van der Waals surface area contributed by atoms with Crippen LogP contribution in [0.15, 0.2) is 6.07 Å². The van der Waals surface area contributed by atoms with Crippen LogP contribution in [-0.2, 0) is 0 Å². The van der Waals surface area contributed by atoms with Crippen LogP contribution in [0.25, 0.3) is 0 Å². The third-order valence-electron chi connectivity index (χ3n) is 3.74. The number of rotatable bonds is 1. The van der Waals surface area contributed by atoms with Gasteiger partial charge in [-0.25, -0.2) is 0 Å². The van der Waals surface area contributed by atoms with Gasteiger partial charge in [0.1, 0.15) is 11.5 Å². The molecule has 6 heteroatoms. The molecule has 3 aliphatic heterocycles. The molecule has 3 fully saturated rings. The number of hydrogen-bond donors (Lipinski definition) is 2. The summed E-state index contributed by atoms with van der Waals surface area (Å²) in [6.45, 7) is 4.01. The molecule has 2 bridgehead atoms. The number of fused-ring (bicyclic) bond motifs is 4. The van der Waals surface area contributed by atoms with Crippen molar-refractivity contribution in [3.05, 3.63) is 11.8 Å². The maximum Gasteiger partial charge on any atom is 0.272 e. The van der Waals surface area contributed by atoms with Gasteiger partial charge >= 0.3 is 0 Å². The zero-order valence-corrected chi connectivity index (χ0v) is 9.72. The number of nitrogens with two attached hydrogens (primary N) is 1. The summed E-state index contributed by atoms with van der Waals surface area (Å²) in [5, 5.41) is 6.51. The third-order valence-corrected chi connectivity index (χ3v) is 3.74. The molecule has 0 saturated carbocycles. The van der Waals surface area contributed by atoms with Gasteiger partial charge in [0.25, 0.3) is 5.91 Å². The highest BCUT2D eigenvalue weighted by atomic mass is 16.2. The van der Waals surface area contributed by atoms with E-state index < -0.39 is 0 Å². The number of hydrogen-bond acceptors (Lipinski definition) is 4. The molecule has 1 aromatic rings. The topological polar surface area (TPSA) is 78.3 Å². The van der Waals surface area contributed by atoms with Crippen molar-refractivity contribution in [1.82, 2.24) is 20.0 Å². The molecule has 92 valence electrons. The van der Waals surface area contributed by atoms with Crippen molar-refractivity contribution in [2.45, 2.75) is 18.9 Å². The van der Waals surface area contributed by atoms with Gasteiger partial charge in [-0.05, 0) is 12.8 Å². The Morgan fingerprint density at radius 1 is 1.35 bits per heavy atom. The van der Waals surface area contributed by atoms with Crippen LogP contribution in [0.2, 0.25) is 0 Å². The fraction of sp³-hybridized carbons (Fsp3) is 0.636. The number of aromatic nitrogens is 2. The predicted molar refractivity (Wildman–Crippen MR) is 63.5 cm³/mol. The summed E-state index contributed by atoms with van der Waals surface area (Å²) in [7, 11) is 0. The Bertz CT molecular complexity index is 421. The Morgan fingerprint density at radius 2 is 2.12 bits per heavy atom. The molecular formula is C11H17N5O. The van der Waals surface area contributed by atoms with Crippen molar-refractivity contribution in [2.24, 2.45) is 0 Å². The van der Waals surface area contributed by atoms with E-state index in [9.17, 15) is 4.79 Å². The summed E-state index contributed by atoms with van der Waals surface area (Å²) < 4.78 is 0. The van der Waals surface area contributed by atoms with E-state index in [4.69, 9.17) is 5.73 Å². The van der Waals surface area contributed by atoms with Crippen LogP contribution in [0.4, 0.5) is 5.82 Å². The van der Waals surface area contributed by atoms with Gasteiger partial charge in [-0.15, -0.1) is 0 Å². The summed E-state index contributed by atoms with van der Waals surface area (Å²) in [5.74, 6) is 0.402. The summed E-state index contributed by atoms with van der Waals surface area (Å²) in [6.07, 6.45) is 2.16. The number of H-pyrrole nitrogens is 1. The number of nitrogen functional groups attached to an aromatic ring is 1. The van der Waals surface area contributed by atoms with Crippen molar-refractivity contribution in [3.8, 4) is 0 Å². The number of nitrogens with one attached hydrogen (secondary N) is 1. The lowest BCUT2D eigenvalue weighted by Gasteiger charge is -2.31. The highest BCUT2D eigenvalue weighted by molar-refractivity contribution is 5.93. The SMILES string of the molecule is Nc1cc(C(=O)N2CCN3CCC2CC3)[nH]n1. The van der Waals surface area contributed by atoms with Crippen LogP contribution in [0.3, 0.4) is 0 Å². The molecule has 0 aromatic carbocycles. The van der Waals surface area contributed by atoms with Crippen LogP contribution < -0.4 is 5.73 Å². The minimum atomic E-state index is 0.0305. The average Bonchev–Trinajstić information content (AvgIpc) is 2.58. The molecule has 4 heterocycles. The first-order valence-corrected chi connectivity index (χ1v) is 6.08. The van der Waals surface area contributed by atoms with Gasteiger partial charge in [-0.3, -0.25) is 9.89 Å². The second-order valence-electron chi connectivity index (χ2n) is 4.78. The molecule has 3 N–H and O–H groups in total. The normalized spacial score (nSPS) is 28.1. The van der Waals surface area contributed by atoms with Crippen molar-refractivity contribution < 1.29 is 4.79 Å². The van der Waals surface area contributed by atoms with Crippen LogP contribution in [0.5, 0.6) is 0 Å². The molecule has 0 aliphatic carbocycles. The van der Waals surface area contributed by atoms with E-state index in [1.165, 1.54) is 0 Å². The molecule has 6 nitrogen and oxygen atoms in total. The third kappa shape index (κ3) is 1.88. The minimum absolute atomic E-state index is 0.0305. The average molecular weight is 235 g/mol. The largest absolute Gasteiger partial charge is 0.382 e. The van der Waals surface area contributed by atoms with Crippen molar-refractivity contribution in [3.63, 3.8) is 0 Å². The van der Waals surface area contributed by atoms with E-state index in [0.717, 1.165) is 39.0 Å². The lowest BCUT2D eigenvalue weighted by molar-refractivity contribution is 0.0679. The van der Waals surface area contributed by atoms with Gasteiger partial charge < -0.3 is 15.5 Å². The summed E-state index contributed by atoms with van der Waals surface area (Å²) >= 11 is 0. The quantitative estimate of drug-likeness (QED) is 0.713. The zero-order valence-electron chi connectivity index (χ0n) is 9.72. The predicted octanol–water partition coefficient (Wildman–Crippen LogP) is -0.0879. The Morgan fingerprint density at radius 3 is 2.76 bits per heavy atom. The number of aromatic amines is 1. The molecule has 0 unspecified atom stereocenters. The molecule has 0 spiro atoms. The number of amides is 1. The van der Waals surface area contributed by atoms with Gasteiger partial charge in [0, 0.05) is 38.3 Å². The van der Waals surface area contributed by atoms with Gasteiger partial charge in [0.15, 0.2) is 0 Å². The Hall–Kier alpha value is -1.56. The second-order valence-corrected chi connectivity index (χ2v) is 4.78. The summed E-state index contributed by atoms with van der Waals surface area (Å²) in [6, 6.07) is 1.99. The monoisotopic (exact) mass is 235 g/mol. The highest BCUT2D eigenvalue weighted by Gasteiger charge is 2.32. The van der Waals surface area contributed by atoms with E-state index >= 15 is 0 Å². The van der Waals surface area contributed by atoms with Crippen LogP contribution >= 0.6 is 0 Å². The Labute approximate surface area is 99.8 Å². The van der Waals surface area contributed by atoms with Gasteiger partial charge in [0.2, 0.25) is 0 Å². The Kier molecular flexibility index (Phi) is 2.51. The number of carbonyl (C=O) groups is 1. The maximum atomic E-state index is 12.3. The van der Waals surface area contributed by atoms with Crippen molar-refractivity contribution >= 4 is 11.7 Å². The standard InChI is InChI=1S/C11H17N5O/c12-10-7-9(13-14-10)11(17)16-6-5-15-3-1-8(16)2-4-15/h7-8H,1-6H2,(H3,12,13,14). The van der Waals surface area contributed by atoms with Crippen molar-refractivity contribution in [2.75, 3.05) is 31.9 Å². The fourth-order valence-corrected chi connectivity index (χ4v) is 2.76. The fourth-order valence-electron chi connectivity index (χ4n) is 2.76. The summed E-state index contributed by atoms with van der Waals surface area (Å²) in [5.41, 5.74) is 6.03.